The summed E-state index contributed by atoms with van der Waals surface area (Å²) in [5.41, 5.74) is 1.11. The van der Waals surface area contributed by atoms with Crippen molar-refractivity contribution in [1.29, 1.82) is 0 Å². The van der Waals surface area contributed by atoms with Crippen LogP contribution >= 0.6 is 0 Å². The molecule has 1 aliphatic carbocycles. The van der Waals surface area contributed by atoms with Crippen molar-refractivity contribution < 1.29 is 9.18 Å². The lowest BCUT2D eigenvalue weighted by molar-refractivity contribution is 0.0967. The molecule has 0 saturated heterocycles. The molecule has 0 aromatic heterocycles. The van der Waals surface area contributed by atoms with Gasteiger partial charge in [0.05, 0.1) is 0 Å². The normalized spacial score (nSPS) is 15.8. The van der Waals surface area contributed by atoms with Crippen LogP contribution in [0.3, 0.4) is 0 Å². The minimum atomic E-state index is -0.286. The molecule has 0 bridgehead atoms. The molecule has 0 unspecified atom stereocenters. The van der Waals surface area contributed by atoms with Crippen molar-refractivity contribution in [1.82, 2.24) is 0 Å². The van der Waals surface area contributed by atoms with Crippen molar-refractivity contribution in [2.75, 3.05) is 0 Å². The van der Waals surface area contributed by atoms with Gasteiger partial charge in [0.2, 0.25) is 0 Å². The van der Waals surface area contributed by atoms with Gasteiger partial charge in [-0.1, -0.05) is 12.1 Å². The first kappa shape index (κ1) is 8.42. The predicted octanol–water partition coefficient (Wildman–Crippen LogP) is 2.73. The number of ketones is 1. The highest BCUT2D eigenvalue weighted by Crippen LogP contribution is 2.32. The lowest BCUT2D eigenvalue weighted by Crippen LogP contribution is -2.01. The van der Waals surface area contributed by atoms with E-state index in [0.717, 1.165) is 12.8 Å². The zero-order valence-electron chi connectivity index (χ0n) is 7.51. The van der Waals surface area contributed by atoms with E-state index in [1.54, 1.807) is 19.1 Å². The van der Waals surface area contributed by atoms with Gasteiger partial charge < -0.3 is 0 Å². The van der Waals surface area contributed by atoms with Gasteiger partial charge in [0.25, 0.3) is 0 Å². The highest BCUT2D eigenvalue weighted by molar-refractivity contribution is 5.99. The molecule has 0 N–H and O–H groups in total. The number of aryl methyl sites for hydroxylation is 1. The third kappa shape index (κ3) is 1.62. The summed E-state index contributed by atoms with van der Waals surface area (Å²) in [6.07, 6.45) is 1.93. The van der Waals surface area contributed by atoms with E-state index in [2.05, 4.69) is 0 Å². The molecule has 68 valence electrons. The Morgan fingerprint density at radius 2 is 2.15 bits per heavy atom. The molecule has 1 aromatic carbocycles. The van der Waals surface area contributed by atoms with Crippen molar-refractivity contribution in [2.24, 2.45) is 5.92 Å². The summed E-state index contributed by atoms with van der Waals surface area (Å²) in [4.78, 5) is 11.5. The van der Waals surface area contributed by atoms with Crippen LogP contribution in [0.5, 0.6) is 0 Å². The summed E-state index contributed by atoms with van der Waals surface area (Å²) < 4.78 is 13.1. The molecule has 2 rings (SSSR count). The smallest absolute Gasteiger partial charge is 0.166 e. The Hall–Kier alpha value is -1.18. The number of halogens is 1. The maximum absolute atomic E-state index is 13.1. The van der Waals surface area contributed by atoms with Crippen LogP contribution in [0, 0.1) is 18.7 Å². The van der Waals surface area contributed by atoms with Crippen LogP contribution in [0.15, 0.2) is 18.2 Å². The van der Waals surface area contributed by atoms with Crippen molar-refractivity contribution in [3.05, 3.63) is 35.1 Å². The van der Waals surface area contributed by atoms with Gasteiger partial charge in [0, 0.05) is 11.5 Å². The van der Waals surface area contributed by atoms with Crippen molar-refractivity contribution in [3.8, 4) is 0 Å². The first-order valence-electron chi connectivity index (χ1n) is 4.49. The van der Waals surface area contributed by atoms with Gasteiger partial charge in [-0.3, -0.25) is 4.79 Å². The maximum atomic E-state index is 13.1. The quantitative estimate of drug-likeness (QED) is 0.636. The van der Waals surface area contributed by atoms with E-state index >= 15 is 0 Å². The van der Waals surface area contributed by atoms with Crippen LogP contribution in [0.25, 0.3) is 0 Å². The predicted molar refractivity (Wildman–Crippen MR) is 48.2 cm³/mol. The minimum absolute atomic E-state index is 0.0962. The molecule has 0 aliphatic heterocycles. The van der Waals surface area contributed by atoms with Crippen LogP contribution < -0.4 is 0 Å². The average molecular weight is 178 g/mol. The molecule has 1 saturated carbocycles. The Bertz CT molecular complexity index is 353. The van der Waals surface area contributed by atoms with Crippen molar-refractivity contribution >= 4 is 5.78 Å². The summed E-state index contributed by atoms with van der Waals surface area (Å²) >= 11 is 0. The van der Waals surface area contributed by atoms with Gasteiger partial charge in [-0.2, -0.15) is 0 Å². The van der Waals surface area contributed by atoms with Crippen LogP contribution in [-0.4, -0.2) is 5.78 Å². The third-order valence-electron chi connectivity index (χ3n) is 2.40. The van der Waals surface area contributed by atoms with Gasteiger partial charge in [-0.25, -0.2) is 4.39 Å². The highest BCUT2D eigenvalue weighted by atomic mass is 19.1. The number of carbonyl (C=O) groups excluding carboxylic acids is 1. The van der Waals surface area contributed by atoms with Crippen LogP contribution in [0.1, 0.15) is 28.8 Å². The molecular weight excluding hydrogens is 167 g/mol. The molecule has 1 nitrogen and oxygen atoms in total. The topological polar surface area (TPSA) is 17.1 Å². The fourth-order valence-electron chi connectivity index (χ4n) is 1.33. The molecule has 1 fully saturated rings. The molecule has 0 spiro atoms. The van der Waals surface area contributed by atoms with Gasteiger partial charge in [0.15, 0.2) is 5.78 Å². The Morgan fingerprint density at radius 1 is 1.46 bits per heavy atom. The van der Waals surface area contributed by atoms with Crippen molar-refractivity contribution in [3.63, 3.8) is 0 Å². The van der Waals surface area contributed by atoms with Gasteiger partial charge in [-0.15, -0.1) is 0 Å². The van der Waals surface area contributed by atoms with E-state index in [1.807, 2.05) is 0 Å². The SMILES string of the molecule is Cc1ccc(C(=O)C2CC2)cc1F. The molecule has 13 heavy (non-hydrogen) atoms. The van der Waals surface area contributed by atoms with E-state index in [9.17, 15) is 9.18 Å². The average Bonchev–Trinajstić information content (AvgIpc) is 2.91. The summed E-state index contributed by atoms with van der Waals surface area (Å²) in [5.74, 6) is -0.0208. The molecule has 0 amide bonds. The number of Topliss-reactive ketones (excluding diaryl/α,β-unsaturated/α-hetero) is 1. The molecule has 0 heterocycles. The van der Waals surface area contributed by atoms with E-state index in [0.29, 0.717) is 11.1 Å². The zero-order valence-corrected chi connectivity index (χ0v) is 7.51. The van der Waals surface area contributed by atoms with E-state index in [1.165, 1.54) is 6.07 Å². The molecule has 2 heteroatoms. The second-order valence-electron chi connectivity index (χ2n) is 3.60. The zero-order chi connectivity index (χ0) is 9.42. The van der Waals surface area contributed by atoms with E-state index in [4.69, 9.17) is 0 Å². The Balaban J connectivity index is 2.30. The first-order valence-corrected chi connectivity index (χ1v) is 4.49. The van der Waals surface area contributed by atoms with E-state index < -0.39 is 0 Å². The summed E-state index contributed by atoms with van der Waals surface area (Å²) in [6.45, 7) is 1.70. The second-order valence-corrected chi connectivity index (χ2v) is 3.60. The summed E-state index contributed by atoms with van der Waals surface area (Å²) in [6, 6.07) is 4.71. The summed E-state index contributed by atoms with van der Waals surface area (Å²) in [7, 11) is 0. The molecule has 1 aromatic rings. The third-order valence-corrected chi connectivity index (χ3v) is 2.40. The van der Waals surface area contributed by atoms with Gasteiger partial charge >= 0.3 is 0 Å². The molecule has 0 radical (unpaired) electrons. The van der Waals surface area contributed by atoms with Crippen LogP contribution in [0.4, 0.5) is 4.39 Å². The lowest BCUT2D eigenvalue weighted by Gasteiger charge is -2.00. The molecule has 0 atom stereocenters. The van der Waals surface area contributed by atoms with Crippen LogP contribution in [-0.2, 0) is 0 Å². The Labute approximate surface area is 76.6 Å². The van der Waals surface area contributed by atoms with Gasteiger partial charge in [-0.05, 0) is 31.4 Å². The maximum Gasteiger partial charge on any atom is 0.166 e. The van der Waals surface area contributed by atoms with Crippen molar-refractivity contribution in [2.45, 2.75) is 19.8 Å². The fraction of sp³-hybridized carbons (Fsp3) is 0.364. The second kappa shape index (κ2) is 2.95. The lowest BCUT2D eigenvalue weighted by atomic mass is 10.1. The number of hydrogen-bond acceptors (Lipinski definition) is 1. The fourth-order valence-corrected chi connectivity index (χ4v) is 1.33. The number of rotatable bonds is 2. The van der Waals surface area contributed by atoms with Crippen LogP contribution in [0.2, 0.25) is 0 Å². The van der Waals surface area contributed by atoms with E-state index in [-0.39, 0.29) is 17.5 Å². The monoisotopic (exact) mass is 178 g/mol. The Kier molecular flexibility index (Phi) is 1.91. The number of carbonyl (C=O) groups is 1. The standard InChI is InChI=1S/C11H11FO/c1-7-2-3-9(6-10(7)12)11(13)8-4-5-8/h2-3,6,8H,4-5H2,1H3. The number of hydrogen-bond donors (Lipinski definition) is 0. The molecular formula is C11H11FO. The van der Waals surface area contributed by atoms with Gasteiger partial charge in [0.1, 0.15) is 5.82 Å². The minimum Gasteiger partial charge on any atom is -0.294 e. The largest absolute Gasteiger partial charge is 0.294 e. The first-order chi connectivity index (χ1) is 6.18. The Morgan fingerprint density at radius 3 is 2.69 bits per heavy atom. The molecule has 1 aliphatic rings. The number of benzene rings is 1. The highest BCUT2D eigenvalue weighted by Gasteiger charge is 2.30. The summed E-state index contributed by atoms with van der Waals surface area (Å²) in [5, 5.41) is 0.